The molecule has 1 N–H and O–H groups in total. The quantitative estimate of drug-likeness (QED) is 0.855. The Bertz CT molecular complexity index is 752. The molecule has 27 heavy (non-hydrogen) atoms. The highest BCUT2D eigenvalue weighted by molar-refractivity contribution is 5.93. The molecule has 0 spiro atoms. The van der Waals surface area contributed by atoms with Crippen molar-refractivity contribution in [2.75, 3.05) is 37.6 Å². The molecule has 5 heteroatoms. The summed E-state index contributed by atoms with van der Waals surface area (Å²) in [5, 5.41) is 3.13. The maximum Gasteiger partial charge on any atom is 0.270 e. The summed E-state index contributed by atoms with van der Waals surface area (Å²) in [6, 6.07) is 14.6. The fourth-order valence-electron chi connectivity index (χ4n) is 4.18. The second kappa shape index (κ2) is 8.53. The largest absolute Gasteiger partial charge is 0.371 e. The van der Waals surface area contributed by atoms with Crippen molar-refractivity contribution in [2.45, 2.75) is 31.7 Å². The summed E-state index contributed by atoms with van der Waals surface area (Å²) in [6.45, 7) is 4.93. The highest BCUT2D eigenvalue weighted by Crippen LogP contribution is 2.25. The third kappa shape index (κ3) is 4.30. The summed E-state index contributed by atoms with van der Waals surface area (Å²) in [7, 11) is 0. The van der Waals surface area contributed by atoms with E-state index in [-0.39, 0.29) is 11.9 Å². The molecule has 1 unspecified atom stereocenters. The van der Waals surface area contributed by atoms with Gasteiger partial charge in [-0.25, -0.2) is 0 Å². The number of carbonyl (C=O) groups is 1. The molecule has 2 fully saturated rings. The molecule has 2 saturated heterocycles. The van der Waals surface area contributed by atoms with Crippen LogP contribution in [-0.2, 0) is 0 Å². The number of carbonyl (C=O) groups excluding carboxylic acids is 1. The molecule has 142 valence electrons. The summed E-state index contributed by atoms with van der Waals surface area (Å²) in [4.78, 5) is 21.9. The molecule has 2 aliphatic heterocycles. The minimum atomic E-state index is -0.0869. The van der Waals surface area contributed by atoms with Gasteiger partial charge in [0.05, 0.1) is 6.04 Å². The van der Waals surface area contributed by atoms with E-state index in [9.17, 15) is 4.79 Å². The molecule has 5 nitrogen and oxygen atoms in total. The van der Waals surface area contributed by atoms with Crippen molar-refractivity contribution in [3.05, 3.63) is 59.9 Å². The Balaban J connectivity index is 1.44. The number of nitrogens with zero attached hydrogens (tertiary/aromatic N) is 3. The van der Waals surface area contributed by atoms with Gasteiger partial charge in [-0.05, 0) is 56.5 Å². The molecule has 3 heterocycles. The Hall–Kier alpha value is -2.40. The maximum absolute atomic E-state index is 12.8. The average molecular weight is 364 g/mol. The molecule has 2 aliphatic rings. The zero-order chi connectivity index (χ0) is 18.5. The Morgan fingerprint density at radius 3 is 2.44 bits per heavy atom. The number of hydrogen-bond acceptors (Lipinski definition) is 4. The molecule has 1 amide bonds. The minimum Gasteiger partial charge on any atom is -0.371 e. The average Bonchev–Trinajstić information content (AvgIpc) is 3.43. The van der Waals surface area contributed by atoms with Gasteiger partial charge in [0.2, 0.25) is 0 Å². The number of amides is 1. The van der Waals surface area contributed by atoms with Crippen molar-refractivity contribution in [3.63, 3.8) is 0 Å². The Morgan fingerprint density at radius 1 is 1.00 bits per heavy atom. The first-order valence-corrected chi connectivity index (χ1v) is 10.1. The van der Waals surface area contributed by atoms with Gasteiger partial charge in [-0.3, -0.25) is 14.7 Å². The lowest BCUT2D eigenvalue weighted by Crippen LogP contribution is -2.37. The Morgan fingerprint density at radius 2 is 1.70 bits per heavy atom. The van der Waals surface area contributed by atoms with Gasteiger partial charge < -0.3 is 10.2 Å². The van der Waals surface area contributed by atoms with Gasteiger partial charge in [-0.2, -0.15) is 0 Å². The number of nitrogens with one attached hydrogen (secondary N) is 1. The smallest absolute Gasteiger partial charge is 0.270 e. The van der Waals surface area contributed by atoms with Crippen LogP contribution in [0.4, 0.5) is 5.69 Å². The fourth-order valence-corrected chi connectivity index (χ4v) is 4.18. The predicted molar refractivity (Wildman–Crippen MR) is 108 cm³/mol. The van der Waals surface area contributed by atoms with Gasteiger partial charge in [0.15, 0.2) is 0 Å². The fraction of sp³-hybridized carbons (Fsp3) is 0.455. The van der Waals surface area contributed by atoms with Crippen LogP contribution in [0.2, 0.25) is 0 Å². The van der Waals surface area contributed by atoms with Crippen molar-refractivity contribution in [1.29, 1.82) is 0 Å². The molecule has 2 aromatic rings. The first kappa shape index (κ1) is 18.0. The van der Waals surface area contributed by atoms with Gasteiger partial charge in [-0.15, -0.1) is 0 Å². The zero-order valence-electron chi connectivity index (χ0n) is 15.8. The maximum atomic E-state index is 12.8. The SMILES string of the molecule is O=C(NCC(c1ccccc1)N1CCCC1)c1cc(N2CCCC2)ccn1. The molecule has 4 rings (SSSR count). The van der Waals surface area contributed by atoms with Crippen LogP contribution in [0.5, 0.6) is 0 Å². The van der Waals surface area contributed by atoms with Crippen LogP contribution in [0.15, 0.2) is 48.7 Å². The van der Waals surface area contributed by atoms with E-state index in [1.165, 1.54) is 31.2 Å². The molecule has 0 radical (unpaired) electrons. The summed E-state index contributed by atoms with van der Waals surface area (Å²) in [5.41, 5.74) is 2.87. The summed E-state index contributed by atoms with van der Waals surface area (Å²) >= 11 is 0. The van der Waals surface area contributed by atoms with Crippen LogP contribution < -0.4 is 10.2 Å². The number of anilines is 1. The van der Waals surface area contributed by atoms with Crippen LogP contribution in [0.25, 0.3) is 0 Å². The number of rotatable bonds is 6. The van der Waals surface area contributed by atoms with Gasteiger partial charge in [0.25, 0.3) is 5.91 Å². The first-order valence-electron chi connectivity index (χ1n) is 10.1. The molecule has 0 aliphatic carbocycles. The van der Waals surface area contributed by atoms with Gasteiger partial charge in [-0.1, -0.05) is 30.3 Å². The third-order valence-corrected chi connectivity index (χ3v) is 5.67. The van der Waals surface area contributed by atoms with Crippen LogP contribution >= 0.6 is 0 Å². The van der Waals surface area contributed by atoms with Crippen molar-refractivity contribution in [3.8, 4) is 0 Å². The standard InChI is InChI=1S/C22H28N4O/c27-22(20-16-19(10-11-23-20)25-12-4-5-13-25)24-17-21(26-14-6-7-15-26)18-8-2-1-3-9-18/h1-3,8-11,16,21H,4-7,12-15,17H2,(H,24,27). The summed E-state index contributed by atoms with van der Waals surface area (Å²) in [5.74, 6) is -0.0869. The normalized spacial score (nSPS) is 18.6. The highest BCUT2D eigenvalue weighted by Gasteiger charge is 2.24. The van der Waals surface area contributed by atoms with E-state index in [0.717, 1.165) is 31.9 Å². The van der Waals surface area contributed by atoms with Crippen LogP contribution in [0.3, 0.4) is 0 Å². The van der Waals surface area contributed by atoms with E-state index in [1.807, 2.05) is 18.2 Å². The zero-order valence-corrected chi connectivity index (χ0v) is 15.8. The van der Waals surface area contributed by atoms with Crippen molar-refractivity contribution in [2.24, 2.45) is 0 Å². The molecule has 1 aromatic carbocycles. The topological polar surface area (TPSA) is 48.5 Å². The monoisotopic (exact) mass is 364 g/mol. The van der Waals surface area contributed by atoms with E-state index in [0.29, 0.717) is 12.2 Å². The van der Waals surface area contributed by atoms with E-state index >= 15 is 0 Å². The molecular formula is C22H28N4O. The Kier molecular flexibility index (Phi) is 5.68. The lowest BCUT2D eigenvalue weighted by Gasteiger charge is -2.28. The van der Waals surface area contributed by atoms with E-state index < -0.39 is 0 Å². The van der Waals surface area contributed by atoms with E-state index in [1.54, 1.807) is 6.20 Å². The summed E-state index contributed by atoms with van der Waals surface area (Å²) in [6.07, 6.45) is 6.65. The van der Waals surface area contributed by atoms with Crippen molar-refractivity contribution < 1.29 is 4.79 Å². The highest BCUT2D eigenvalue weighted by atomic mass is 16.1. The van der Waals surface area contributed by atoms with Crippen LogP contribution in [-0.4, -0.2) is 48.5 Å². The van der Waals surface area contributed by atoms with Gasteiger partial charge in [0.1, 0.15) is 5.69 Å². The lowest BCUT2D eigenvalue weighted by molar-refractivity contribution is 0.0933. The second-order valence-corrected chi connectivity index (χ2v) is 7.47. The van der Waals surface area contributed by atoms with Crippen LogP contribution in [0, 0.1) is 0 Å². The number of aromatic nitrogens is 1. The molecule has 1 atom stereocenters. The minimum absolute atomic E-state index is 0.0869. The lowest BCUT2D eigenvalue weighted by atomic mass is 10.1. The van der Waals surface area contributed by atoms with Crippen LogP contribution in [0.1, 0.15) is 47.8 Å². The third-order valence-electron chi connectivity index (χ3n) is 5.67. The Labute approximate surface area is 161 Å². The van der Waals surface area contributed by atoms with Gasteiger partial charge in [0, 0.05) is 31.5 Å². The molecule has 1 aromatic heterocycles. The van der Waals surface area contributed by atoms with Crippen molar-refractivity contribution >= 4 is 11.6 Å². The van der Waals surface area contributed by atoms with E-state index in [2.05, 4.69) is 44.4 Å². The first-order chi connectivity index (χ1) is 13.3. The number of likely N-dealkylation sites (tertiary alicyclic amines) is 1. The van der Waals surface area contributed by atoms with Crippen molar-refractivity contribution in [1.82, 2.24) is 15.2 Å². The molecule has 0 saturated carbocycles. The molecule has 0 bridgehead atoms. The summed E-state index contributed by atoms with van der Waals surface area (Å²) < 4.78 is 0. The van der Waals surface area contributed by atoms with Gasteiger partial charge >= 0.3 is 0 Å². The number of benzene rings is 1. The predicted octanol–water partition coefficient (Wildman–Crippen LogP) is 3.25. The molecular weight excluding hydrogens is 336 g/mol. The number of hydrogen-bond donors (Lipinski definition) is 1. The second-order valence-electron chi connectivity index (χ2n) is 7.47. The number of pyridine rings is 1. The van der Waals surface area contributed by atoms with E-state index in [4.69, 9.17) is 0 Å².